The highest BCUT2D eigenvalue weighted by Crippen LogP contribution is 2.25. The number of aromatic nitrogens is 2. The highest BCUT2D eigenvalue weighted by molar-refractivity contribution is 8.01. The summed E-state index contributed by atoms with van der Waals surface area (Å²) in [6.07, 6.45) is -0.604. The zero-order valence-electron chi connectivity index (χ0n) is 13.0. The number of ether oxygens (including phenoxy) is 1. The standard InChI is InChI=1S/C15H19N3O2S2/c1-5-21-15-18-17-14(22-15)16-13(19)11(4)20-12-7-9(2)6-10(3)8-12/h6-8,11H,5H2,1-4H3,(H,16,17,19). The van der Waals surface area contributed by atoms with Crippen LogP contribution in [-0.2, 0) is 4.79 Å². The van der Waals surface area contributed by atoms with Crippen LogP contribution >= 0.6 is 23.1 Å². The zero-order valence-corrected chi connectivity index (χ0v) is 14.7. The molecule has 0 saturated carbocycles. The van der Waals surface area contributed by atoms with Crippen molar-refractivity contribution in [3.8, 4) is 5.75 Å². The number of aryl methyl sites for hydroxylation is 2. The first kappa shape index (κ1) is 16.8. The molecule has 0 aliphatic carbocycles. The second kappa shape index (κ2) is 7.60. The van der Waals surface area contributed by atoms with Gasteiger partial charge in [-0.3, -0.25) is 10.1 Å². The summed E-state index contributed by atoms with van der Waals surface area (Å²) in [6, 6.07) is 5.89. The molecule has 1 N–H and O–H groups in total. The molecule has 7 heteroatoms. The second-order valence-corrected chi connectivity index (χ2v) is 7.37. The van der Waals surface area contributed by atoms with Crippen LogP contribution in [0.1, 0.15) is 25.0 Å². The average Bonchev–Trinajstić information content (AvgIpc) is 2.85. The number of rotatable bonds is 6. The summed E-state index contributed by atoms with van der Waals surface area (Å²) in [6.45, 7) is 7.76. The van der Waals surface area contributed by atoms with Gasteiger partial charge in [-0.15, -0.1) is 10.2 Å². The largest absolute Gasteiger partial charge is 0.481 e. The molecule has 1 unspecified atom stereocenters. The SMILES string of the molecule is CCSc1nnc(NC(=O)C(C)Oc2cc(C)cc(C)c2)s1. The molecule has 0 aliphatic heterocycles. The maximum atomic E-state index is 12.1. The molecule has 1 atom stereocenters. The fraction of sp³-hybridized carbons (Fsp3) is 0.400. The van der Waals surface area contributed by atoms with Crippen molar-refractivity contribution in [3.05, 3.63) is 29.3 Å². The van der Waals surface area contributed by atoms with E-state index in [1.807, 2.05) is 32.9 Å². The van der Waals surface area contributed by atoms with Crippen LogP contribution in [-0.4, -0.2) is 28.0 Å². The number of nitrogens with one attached hydrogen (secondary N) is 1. The molecule has 1 aromatic carbocycles. The Morgan fingerprint density at radius 1 is 1.32 bits per heavy atom. The van der Waals surface area contributed by atoms with Gasteiger partial charge in [-0.2, -0.15) is 0 Å². The normalized spacial score (nSPS) is 12.0. The minimum absolute atomic E-state index is 0.233. The van der Waals surface area contributed by atoms with Gasteiger partial charge in [0, 0.05) is 0 Å². The molecule has 22 heavy (non-hydrogen) atoms. The van der Waals surface area contributed by atoms with Crippen LogP contribution in [0.2, 0.25) is 0 Å². The molecule has 1 amide bonds. The lowest BCUT2D eigenvalue weighted by atomic mass is 10.1. The molecule has 0 aliphatic rings. The number of carbonyl (C=O) groups excluding carboxylic acids is 1. The number of amides is 1. The minimum Gasteiger partial charge on any atom is -0.481 e. The molecule has 2 rings (SSSR count). The summed E-state index contributed by atoms with van der Waals surface area (Å²) >= 11 is 2.97. The van der Waals surface area contributed by atoms with Gasteiger partial charge >= 0.3 is 0 Å². The van der Waals surface area contributed by atoms with Crippen LogP contribution in [0.5, 0.6) is 5.75 Å². The molecule has 0 bridgehead atoms. The van der Waals surface area contributed by atoms with Crippen molar-refractivity contribution in [2.45, 2.75) is 38.1 Å². The summed E-state index contributed by atoms with van der Waals surface area (Å²) < 4.78 is 6.55. The molecule has 5 nitrogen and oxygen atoms in total. The van der Waals surface area contributed by atoms with E-state index in [2.05, 4.69) is 21.6 Å². The van der Waals surface area contributed by atoms with Gasteiger partial charge in [-0.05, 0) is 49.8 Å². The number of anilines is 1. The smallest absolute Gasteiger partial charge is 0.266 e. The van der Waals surface area contributed by atoms with Crippen LogP contribution in [0.3, 0.4) is 0 Å². The average molecular weight is 337 g/mol. The topological polar surface area (TPSA) is 64.1 Å². The summed E-state index contributed by atoms with van der Waals surface area (Å²) in [4.78, 5) is 12.1. The molecule has 1 aromatic heterocycles. The van der Waals surface area contributed by atoms with E-state index in [1.165, 1.54) is 11.3 Å². The predicted molar refractivity (Wildman–Crippen MR) is 90.9 cm³/mol. The first-order valence-electron chi connectivity index (χ1n) is 7.00. The van der Waals surface area contributed by atoms with Gasteiger partial charge in [0.05, 0.1) is 0 Å². The van der Waals surface area contributed by atoms with E-state index < -0.39 is 6.10 Å². The van der Waals surface area contributed by atoms with Crippen LogP contribution in [0.25, 0.3) is 0 Å². The molecule has 0 fully saturated rings. The Morgan fingerprint density at radius 2 is 2.00 bits per heavy atom. The molecule has 0 radical (unpaired) electrons. The Kier molecular flexibility index (Phi) is 5.79. The number of thioether (sulfide) groups is 1. The van der Waals surface area contributed by atoms with Crippen molar-refractivity contribution >= 4 is 34.1 Å². The number of benzene rings is 1. The number of carbonyl (C=O) groups is 1. The molecule has 0 saturated heterocycles. The maximum absolute atomic E-state index is 12.1. The van der Waals surface area contributed by atoms with Gasteiger partial charge in [0.1, 0.15) is 5.75 Å². The summed E-state index contributed by atoms with van der Waals surface area (Å²) in [5.74, 6) is 1.39. The summed E-state index contributed by atoms with van der Waals surface area (Å²) in [7, 11) is 0. The zero-order chi connectivity index (χ0) is 16.1. The lowest BCUT2D eigenvalue weighted by molar-refractivity contribution is -0.122. The van der Waals surface area contributed by atoms with Gasteiger partial charge in [-0.1, -0.05) is 36.1 Å². The highest BCUT2D eigenvalue weighted by Gasteiger charge is 2.17. The molecule has 1 heterocycles. The number of hydrogen-bond acceptors (Lipinski definition) is 6. The van der Waals surface area contributed by atoms with E-state index in [0.717, 1.165) is 21.2 Å². The van der Waals surface area contributed by atoms with Crippen molar-refractivity contribution in [2.75, 3.05) is 11.1 Å². The van der Waals surface area contributed by atoms with Gasteiger partial charge in [0.25, 0.3) is 5.91 Å². The monoisotopic (exact) mass is 337 g/mol. The van der Waals surface area contributed by atoms with E-state index >= 15 is 0 Å². The van der Waals surface area contributed by atoms with Gasteiger partial charge < -0.3 is 4.74 Å². The first-order valence-corrected chi connectivity index (χ1v) is 8.80. The Balaban J connectivity index is 1.96. The molecular weight excluding hydrogens is 318 g/mol. The van der Waals surface area contributed by atoms with E-state index in [9.17, 15) is 4.79 Å². The lowest BCUT2D eigenvalue weighted by Gasteiger charge is -2.14. The van der Waals surface area contributed by atoms with Crippen LogP contribution in [0, 0.1) is 13.8 Å². The van der Waals surface area contributed by atoms with Gasteiger partial charge in [-0.25, -0.2) is 0 Å². The molecular formula is C15H19N3O2S2. The first-order chi connectivity index (χ1) is 10.5. The fourth-order valence-corrected chi connectivity index (χ4v) is 3.56. The van der Waals surface area contributed by atoms with E-state index in [-0.39, 0.29) is 5.91 Å². The van der Waals surface area contributed by atoms with Crippen LogP contribution in [0.4, 0.5) is 5.13 Å². The van der Waals surface area contributed by atoms with Crippen molar-refractivity contribution < 1.29 is 9.53 Å². The van der Waals surface area contributed by atoms with E-state index in [4.69, 9.17) is 4.74 Å². The summed E-state index contributed by atoms with van der Waals surface area (Å²) in [5, 5.41) is 11.2. The number of nitrogens with zero attached hydrogens (tertiary/aromatic N) is 2. The van der Waals surface area contributed by atoms with Crippen LogP contribution < -0.4 is 10.1 Å². The Labute approximate surface area is 138 Å². The van der Waals surface area contributed by atoms with E-state index in [0.29, 0.717) is 10.9 Å². The van der Waals surface area contributed by atoms with Crippen molar-refractivity contribution in [1.29, 1.82) is 0 Å². The maximum Gasteiger partial charge on any atom is 0.266 e. The van der Waals surface area contributed by atoms with Gasteiger partial charge in [0.2, 0.25) is 5.13 Å². The van der Waals surface area contributed by atoms with Crippen molar-refractivity contribution in [1.82, 2.24) is 10.2 Å². The third-order valence-corrected chi connectivity index (χ3v) is 4.64. The van der Waals surface area contributed by atoms with Crippen molar-refractivity contribution in [3.63, 3.8) is 0 Å². The second-order valence-electron chi connectivity index (χ2n) is 4.88. The molecule has 0 spiro atoms. The lowest BCUT2D eigenvalue weighted by Crippen LogP contribution is -2.30. The van der Waals surface area contributed by atoms with E-state index in [1.54, 1.807) is 18.7 Å². The quantitative estimate of drug-likeness (QED) is 0.643. The third kappa shape index (κ3) is 4.71. The molecule has 2 aromatic rings. The van der Waals surface area contributed by atoms with Gasteiger partial charge in [0.15, 0.2) is 10.4 Å². The Morgan fingerprint density at radius 3 is 2.64 bits per heavy atom. The minimum atomic E-state index is -0.604. The Bertz CT molecular complexity index is 638. The predicted octanol–water partition coefficient (Wildman–Crippen LogP) is 3.67. The number of hydrogen-bond donors (Lipinski definition) is 1. The highest BCUT2D eigenvalue weighted by atomic mass is 32.2. The third-order valence-electron chi connectivity index (χ3n) is 2.78. The van der Waals surface area contributed by atoms with Crippen molar-refractivity contribution in [2.24, 2.45) is 0 Å². The van der Waals surface area contributed by atoms with Crippen LogP contribution in [0.15, 0.2) is 22.5 Å². The Hall–Kier alpha value is -1.60. The fourth-order valence-electron chi connectivity index (χ4n) is 1.91. The molecule has 118 valence electrons. The summed E-state index contributed by atoms with van der Waals surface area (Å²) in [5.41, 5.74) is 2.21.